The van der Waals surface area contributed by atoms with Crippen LogP contribution in [0.2, 0.25) is 0 Å². The van der Waals surface area contributed by atoms with Crippen LogP contribution in [-0.4, -0.2) is 96.7 Å². The van der Waals surface area contributed by atoms with Gasteiger partial charge < -0.3 is 33.8 Å². The molecule has 0 heterocycles. The van der Waals surface area contributed by atoms with Crippen LogP contribution in [0.4, 0.5) is 0 Å². The molecule has 576 valence electrons. The second-order valence-corrected chi connectivity index (χ2v) is 32.9. The summed E-state index contributed by atoms with van der Waals surface area (Å²) in [7, 11) is -9.91. The largest absolute Gasteiger partial charge is 0.472 e. The standard InChI is InChI=1S/C78H152O17P2/c1-68(2)54-46-38-30-24-18-15-13-11-9-10-12-14-16-20-28-34-44-52-60-77(82)95-74(65-89-76(81)59-51-43-37-36-41-49-57-71(7)8)67-93-97(86,87)91-63-72(79)62-90-96(84,85)92-66-73(64-88-75(80)58-50-42-33-27-23-22-26-32-40-48-56-70(5)6)94-78(83)61-53-45-35-29-21-17-19-25-31-39-47-55-69(3)4/h68-74,79H,9-67H2,1-8H3,(H,84,85)(H,86,87)/t72?,73-,74-/m1/s1. The van der Waals surface area contributed by atoms with Gasteiger partial charge >= 0.3 is 39.5 Å². The van der Waals surface area contributed by atoms with Crippen molar-refractivity contribution in [2.45, 2.75) is 414 Å². The molecule has 0 aromatic carbocycles. The Balaban J connectivity index is 5.18. The number of carbonyl (C=O) groups excluding carboxylic acids is 4. The minimum Gasteiger partial charge on any atom is -0.462 e. The third-order valence-corrected chi connectivity index (χ3v) is 20.0. The van der Waals surface area contributed by atoms with Gasteiger partial charge in [0.15, 0.2) is 12.2 Å². The number of hydrogen-bond acceptors (Lipinski definition) is 15. The normalized spacial score (nSPS) is 14.1. The van der Waals surface area contributed by atoms with E-state index in [0.717, 1.165) is 114 Å². The van der Waals surface area contributed by atoms with E-state index >= 15 is 0 Å². The molecule has 0 aromatic rings. The summed E-state index contributed by atoms with van der Waals surface area (Å²) in [5.41, 5.74) is 0. The summed E-state index contributed by atoms with van der Waals surface area (Å²) in [6.45, 7) is 14.2. The zero-order chi connectivity index (χ0) is 71.7. The molecule has 0 aromatic heterocycles. The zero-order valence-corrected chi connectivity index (χ0v) is 65.5. The van der Waals surface area contributed by atoms with Crippen LogP contribution in [0.15, 0.2) is 0 Å². The molecule has 0 saturated carbocycles. The Morgan fingerprint density at radius 3 is 0.639 bits per heavy atom. The van der Waals surface area contributed by atoms with Crippen LogP contribution in [0.3, 0.4) is 0 Å². The number of ether oxygens (including phenoxy) is 4. The van der Waals surface area contributed by atoms with Crippen molar-refractivity contribution in [1.82, 2.24) is 0 Å². The van der Waals surface area contributed by atoms with E-state index in [0.29, 0.717) is 31.6 Å². The van der Waals surface area contributed by atoms with Gasteiger partial charge in [-0.05, 0) is 49.4 Å². The van der Waals surface area contributed by atoms with E-state index in [2.05, 4.69) is 55.4 Å². The maximum absolute atomic E-state index is 13.1. The number of hydrogen-bond donors (Lipinski definition) is 3. The Morgan fingerprint density at radius 2 is 0.433 bits per heavy atom. The Hall–Kier alpha value is -1.94. The van der Waals surface area contributed by atoms with Gasteiger partial charge in [-0.3, -0.25) is 37.3 Å². The smallest absolute Gasteiger partial charge is 0.462 e. The van der Waals surface area contributed by atoms with Gasteiger partial charge in [0, 0.05) is 25.7 Å². The van der Waals surface area contributed by atoms with E-state index in [4.69, 9.17) is 37.0 Å². The van der Waals surface area contributed by atoms with E-state index in [1.54, 1.807) is 0 Å². The molecule has 0 saturated heterocycles. The molecule has 0 radical (unpaired) electrons. The van der Waals surface area contributed by atoms with Crippen LogP contribution in [0.1, 0.15) is 396 Å². The Bertz CT molecular complexity index is 1900. The van der Waals surface area contributed by atoms with Crippen LogP contribution in [0.5, 0.6) is 0 Å². The van der Waals surface area contributed by atoms with Crippen molar-refractivity contribution < 1.29 is 80.2 Å². The first-order valence-corrected chi connectivity index (χ1v) is 43.2. The van der Waals surface area contributed by atoms with E-state index in [1.165, 1.54) is 193 Å². The monoisotopic (exact) mass is 1420 g/mol. The average molecular weight is 1420 g/mol. The lowest BCUT2D eigenvalue weighted by atomic mass is 10.0. The van der Waals surface area contributed by atoms with Crippen LogP contribution >= 0.6 is 15.6 Å². The third kappa shape index (κ3) is 72.2. The Kier molecular flexibility index (Phi) is 65.9. The maximum atomic E-state index is 13.1. The summed E-state index contributed by atoms with van der Waals surface area (Å²) in [5, 5.41) is 10.6. The fraction of sp³-hybridized carbons (Fsp3) is 0.949. The van der Waals surface area contributed by atoms with Crippen LogP contribution in [-0.2, 0) is 65.4 Å². The highest BCUT2D eigenvalue weighted by Crippen LogP contribution is 2.45. The second-order valence-electron chi connectivity index (χ2n) is 30.0. The lowest BCUT2D eigenvalue weighted by Crippen LogP contribution is -2.30. The van der Waals surface area contributed by atoms with E-state index in [1.807, 2.05) is 0 Å². The number of esters is 4. The van der Waals surface area contributed by atoms with Crippen molar-refractivity contribution in [3.8, 4) is 0 Å². The number of phosphoric ester groups is 2. The first kappa shape index (κ1) is 95.1. The minimum atomic E-state index is -4.96. The van der Waals surface area contributed by atoms with E-state index in [9.17, 15) is 43.2 Å². The lowest BCUT2D eigenvalue weighted by molar-refractivity contribution is -0.161. The number of carbonyl (C=O) groups is 4. The predicted octanol–water partition coefficient (Wildman–Crippen LogP) is 22.8. The molecule has 0 aliphatic heterocycles. The second kappa shape index (κ2) is 67.2. The molecule has 0 aliphatic carbocycles. The van der Waals surface area contributed by atoms with Crippen molar-refractivity contribution in [1.29, 1.82) is 0 Å². The van der Waals surface area contributed by atoms with Gasteiger partial charge in [-0.25, -0.2) is 9.13 Å². The number of unbranched alkanes of at least 4 members (excludes halogenated alkanes) is 41. The first-order chi connectivity index (χ1) is 46.6. The number of phosphoric acid groups is 2. The van der Waals surface area contributed by atoms with Gasteiger partial charge in [0.2, 0.25) is 0 Å². The minimum absolute atomic E-state index is 0.106. The van der Waals surface area contributed by atoms with Gasteiger partial charge in [0.25, 0.3) is 0 Å². The Labute approximate surface area is 594 Å². The topological polar surface area (TPSA) is 237 Å². The molecule has 0 bridgehead atoms. The van der Waals surface area contributed by atoms with Crippen molar-refractivity contribution in [3.05, 3.63) is 0 Å². The lowest BCUT2D eigenvalue weighted by Gasteiger charge is -2.21. The van der Waals surface area contributed by atoms with Gasteiger partial charge in [0.05, 0.1) is 26.4 Å². The van der Waals surface area contributed by atoms with Crippen LogP contribution in [0.25, 0.3) is 0 Å². The molecule has 3 N–H and O–H groups in total. The van der Waals surface area contributed by atoms with E-state index < -0.39 is 97.5 Å². The van der Waals surface area contributed by atoms with Gasteiger partial charge in [-0.15, -0.1) is 0 Å². The summed E-state index contributed by atoms with van der Waals surface area (Å²) in [6.07, 6.45) is 53.0. The van der Waals surface area contributed by atoms with Crippen LogP contribution in [0, 0.1) is 23.7 Å². The first-order valence-electron chi connectivity index (χ1n) is 40.2. The van der Waals surface area contributed by atoms with Crippen molar-refractivity contribution in [2.24, 2.45) is 23.7 Å². The third-order valence-electron chi connectivity index (χ3n) is 18.1. The highest BCUT2D eigenvalue weighted by Gasteiger charge is 2.30. The van der Waals surface area contributed by atoms with Crippen molar-refractivity contribution in [2.75, 3.05) is 39.6 Å². The fourth-order valence-corrected chi connectivity index (χ4v) is 13.5. The summed E-state index contributed by atoms with van der Waals surface area (Å²) < 4.78 is 68.5. The summed E-state index contributed by atoms with van der Waals surface area (Å²) >= 11 is 0. The summed E-state index contributed by atoms with van der Waals surface area (Å²) in [6, 6.07) is 0. The van der Waals surface area contributed by atoms with Gasteiger partial charge in [-0.1, -0.05) is 344 Å². The number of aliphatic hydroxyl groups is 1. The fourth-order valence-electron chi connectivity index (χ4n) is 11.9. The van der Waals surface area contributed by atoms with Gasteiger partial charge in [0.1, 0.15) is 19.3 Å². The molecule has 97 heavy (non-hydrogen) atoms. The molecule has 0 fully saturated rings. The van der Waals surface area contributed by atoms with Crippen LogP contribution < -0.4 is 0 Å². The van der Waals surface area contributed by atoms with E-state index in [-0.39, 0.29) is 25.7 Å². The molecule has 3 unspecified atom stereocenters. The summed E-state index contributed by atoms with van der Waals surface area (Å²) in [5.74, 6) is 0.903. The highest BCUT2D eigenvalue weighted by atomic mass is 31.2. The zero-order valence-electron chi connectivity index (χ0n) is 63.7. The molecule has 5 atom stereocenters. The Morgan fingerprint density at radius 1 is 0.258 bits per heavy atom. The molecule has 0 rings (SSSR count). The number of aliphatic hydroxyl groups excluding tert-OH is 1. The van der Waals surface area contributed by atoms with Gasteiger partial charge in [-0.2, -0.15) is 0 Å². The molecule has 0 spiro atoms. The molecule has 17 nitrogen and oxygen atoms in total. The molecular weight excluding hydrogens is 1270 g/mol. The van der Waals surface area contributed by atoms with Crippen molar-refractivity contribution in [3.63, 3.8) is 0 Å². The maximum Gasteiger partial charge on any atom is 0.472 e. The van der Waals surface area contributed by atoms with Crippen molar-refractivity contribution >= 4 is 39.5 Å². The SMILES string of the molecule is CC(C)CCCCCCCCCCCCCCCCCCCCC(=O)O[C@H](COC(=O)CCCCCCCCC(C)C)COP(=O)(O)OCC(O)COP(=O)(O)OC[C@@H](COC(=O)CCCCCCCCCCCCC(C)C)OC(=O)CCCCCCCCCCCCCC(C)C. The molecule has 19 heteroatoms. The summed E-state index contributed by atoms with van der Waals surface area (Å²) in [4.78, 5) is 72.8. The quantitative estimate of drug-likeness (QED) is 0.0222. The number of rotatable bonds is 75. The average Bonchev–Trinajstić information content (AvgIpc) is 2.19. The molecule has 0 aliphatic rings. The highest BCUT2D eigenvalue weighted by molar-refractivity contribution is 7.47. The molecular formula is C78H152O17P2. The predicted molar refractivity (Wildman–Crippen MR) is 395 cm³/mol. The molecule has 0 amide bonds.